The van der Waals surface area contributed by atoms with Crippen LogP contribution in [0.2, 0.25) is 0 Å². The van der Waals surface area contributed by atoms with Crippen molar-refractivity contribution in [3.63, 3.8) is 0 Å². The molecule has 0 bridgehead atoms. The van der Waals surface area contributed by atoms with Gasteiger partial charge in [-0.05, 0) is 13.0 Å². The quantitative estimate of drug-likeness (QED) is 0.876. The van der Waals surface area contributed by atoms with E-state index in [4.69, 9.17) is 9.52 Å². The van der Waals surface area contributed by atoms with E-state index in [1.165, 1.54) is 11.3 Å². The van der Waals surface area contributed by atoms with Crippen molar-refractivity contribution in [2.24, 2.45) is 0 Å². The number of thiazole rings is 1. The van der Waals surface area contributed by atoms with Crippen LogP contribution in [0.1, 0.15) is 12.6 Å². The molecule has 2 heterocycles. The first-order valence-electron chi connectivity index (χ1n) is 6.10. The molecule has 0 unspecified atom stereocenters. The molecule has 0 aromatic carbocycles. The molecule has 2 aromatic heterocycles. The molecule has 2 aromatic rings. The lowest BCUT2D eigenvalue weighted by molar-refractivity contribution is -0.130. The predicted octanol–water partition coefficient (Wildman–Crippen LogP) is 1.79. The second-order valence-corrected chi connectivity index (χ2v) is 4.89. The van der Waals surface area contributed by atoms with Crippen LogP contribution >= 0.6 is 11.3 Å². The Balaban J connectivity index is 2.02. The number of amides is 1. The molecule has 19 heavy (non-hydrogen) atoms. The highest BCUT2D eigenvalue weighted by Gasteiger charge is 2.14. The number of aliphatic hydroxyl groups is 1. The summed E-state index contributed by atoms with van der Waals surface area (Å²) in [6.45, 7) is 2.84. The Morgan fingerprint density at radius 1 is 1.58 bits per heavy atom. The molecule has 2 rings (SSSR count). The molecule has 5 nitrogen and oxygen atoms in total. The largest absolute Gasteiger partial charge is 0.472 e. The highest BCUT2D eigenvalue weighted by molar-refractivity contribution is 7.13. The van der Waals surface area contributed by atoms with Crippen molar-refractivity contribution >= 4 is 17.2 Å². The van der Waals surface area contributed by atoms with E-state index in [0.29, 0.717) is 13.1 Å². The van der Waals surface area contributed by atoms with E-state index >= 15 is 0 Å². The summed E-state index contributed by atoms with van der Waals surface area (Å²) in [5.41, 5.74) is 1.67. The van der Waals surface area contributed by atoms with Crippen LogP contribution in [-0.4, -0.2) is 40.6 Å². The van der Waals surface area contributed by atoms with Gasteiger partial charge in [0.15, 0.2) is 0 Å². The van der Waals surface area contributed by atoms with Gasteiger partial charge in [0.2, 0.25) is 5.91 Å². The van der Waals surface area contributed by atoms with Crippen LogP contribution in [0.4, 0.5) is 0 Å². The topological polar surface area (TPSA) is 66.6 Å². The summed E-state index contributed by atoms with van der Waals surface area (Å²) in [6.07, 6.45) is 3.50. The molecule has 0 atom stereocenters. The van der Waals surface area contributed by atoms with Crippen molar-refractivity contribution in [3.05, 3.63) is 29.7 Å². The monoisotopic (exact) mass is 280 g/mol. The zero-order valence-electron chi connectivity index (χ0n) is 10.7. The van der Waals surface area contributed by atoms with Crippen molar-refractivity contribution in [2.45, 2.75) is 13.3 Å². The van der Waals surface area contributed by atoms with Crippen LogP contribution in [0.25, 0.3) is 10.6 Å². The normalized spacial score (nSPS) is 10.6. The fraction of sp³-hybridized carbons (Fsp3) is 0.385. The Morgan fingerprint density at radius 3 is 3.05 bits per heavy atom. The minimum absolute atomic E-state index is 0.0133. The van der Waals surface area contributed by atoms with Gasteiger partial charge < -0.3 is 14.4 Å². The molecule has 1 N–H and O–H groups in total. The van der Waals surface area contributed by atoms with E-state index in [2.05, 4.69) is 4.98 Å². The lowest BCUT2D eigenvalue weighted by atomic mass is 10.3. The van der Waals surface area contributed by atoms with Crippen molar-refractivity contribution in [1.82, 2.24) is 9.88 Å². The fourth-order valence-corrected chi connectivity index (χ4v) is 2.56. The molecule has 1 amide bonds. The third-order valence-electron chi connectivity index (χ3n) is 2.76. The molecular weight excluding hydrogens is 264 g/mol. The highest BCUT2D eigenvalue weighted by atomic mass is 32.1. The second-order valence-electron chi connectivity index (χ2n) is 4.03. The van der Waals surface area contributed by atoms with E-state index in [1.54, 1.807) is 17.4 Å². The van der Waals surface area contributed by atoms with Gasteiger partial charge in [0.1, 0.15) is 11.3 Å². The Bertz CT molecular complexity index is 522. The average Bonchev–Trinajstić information content (AvgIpc) is 3.05. The summed E-state index contributed by atoms with van der Waals surface area (Å²) in [5, 5.41) is 11.6. The third kappa shape index (κ3) is 3.42. The SMILES string of the molecule is CCN(CCO)C(=O)Cc1csc(-c2ccoc2)n1. The lowest BCUT2D eigenvalue weighted by Crippen LogP contribution is -2.34. The van der Waals surface area contributed by atoms with Gasteiger partial charge in [-0.15, -0.1) is 11.3 Å². The first-order valence-corrected chi connectivity index (χ1v) is 6.98. The van der Waals surface area contributed by atoms with Gasteiger partial charge in [-0.25, -0.2) is 4.98 Å². The Morgan fingerprint density at radius 2 is 2.42 bits per heavy atom. The van der Waals surface area contributed by atoms with Gasteiger partial charge in [-0.1, -0.05) is 0 Å². The number of hydrogen-bond acceptors (Lipinski definition) is 5. The van der Waals surface area contributed by atoms with E-state index in [9.17, 15) is 4.79 Å². The molecule has 0 radical (unpaired) electrons. The highest BCUT2D eigenvalue weighted by Crippen LogP contribution is 2.24. The zero-order valence-corrected chi connectivity index (χ0v) is 11.5. The number of aromatic nitrogens is 1. The summed E-state index contributed by atoms with van der Waals surface area (Å²) in [7, 11) is 0. The van der Waals surface area contributed by atoms with Gasteiger partial charge >= 0.3 is 0 Å². The lowest BCUT2D eigenvalue weighted by Gasteiger charge is -2.18. The number of furan rings is 1. The van der Waals surface area contributed by atoms with Crippen molar-refractivity contribution < 1.29 is 14.3 Å². The second kappa shape index (κ2) is 6.49. The zero-order chi connectivity index (χ0) is 13.7. The van der Waals surface area contributed by atoms with Crippen LogP contribution in [0.15, 0.2) is 28.4 Å². The molecule has 0 saturated heterocycles. The predicted molar refractivity (Wildman–Crippen MR) is 72.9 cm³/mol. The van der Waals surface area contributed by atoms with Crippen LogP contribution in [0.5, 0.6) is 0 Å². The molecular formula is C13H16N2O3S. The van der Waals surface area contributed by atoms with E-state index in [0.717, 1.165) is 16.3 Å². The summed E-state index contributed by atoms with van der Waals surface area (Å²) < 4.78 is 5.01. The minimum Gasteiger partial charge on any atom is -0.472 e. The minimum atomic E-state index is -0.0169. The Hall–Kier alpha value is -1.66. The average molecular weight is 280 g/mol. The van der Waals surface area contributed by atoms with Gasteiger partial charge in [-0.3, -0.25) is 4.79 Å². The van der Waals surface area contributed by atoms with Gasteiger partial charge in [0.05, 0.1) is 25.0 Å². The van der Waals surface area contributed by atoms with Gasteiger partial charge in [-0.2, -0.15) is 0 Å². The maximum atomic E-state index is 12.0. The number of nitrogens with zero attached hydrogens (tertiary/aromatic N) is 2. The fourth-order valence-electron chi connectivity index (χ4n) is 1.75. The molecule has 0 saturated carbocycles. The molecule has 0 aliphatic heterocycles. The third-order valence-corrected chi connectivity index (χ3v) is 3.70. The Labute approximate surface area is 115 Å². The molecule has 0 spiro atoms. The number of carbonyl (C=O) groups excluding carboxylic acids is 1. The summed E-state index contributed by atoms with van der Waals surface area (Å²) in [4.78, 5) is 18.0. The number of carbonyl (C=O) groups is 1. The molecule has 0 aliphatic carbocycles. The van der Waals surface area contributed by atoms with E-state index in [-0.39, 0.29) is 18.9 Å². The van der Waals surface area contributed by atoms with Crippen LogP contribution in [0.3, 0.4) is 0 Å². The van der Waals surface area contributed by atoms with Gasteiger partial charge in [0, 0.05) is 24.0 Å². The van der Waals surface area contributed by atoms with Crippen LogP contribution in [-0.2, 0) is 11.2 Å². The van der Waals surface area contributed by atoms with Crippen LogP contribution in [0, 0.1) is 0 Å². The standard InChI is InChI=1S/C13H16N2O3S/c1-2-15(4-5-16)12(17)7-11-9-19-13(14-11)10-3-6-18-8-10/h3,6,8-9,16H,2,4-5,7H2,1H3. The van der Waals surface area contributed by atoms with Crippen molar-refractivity contribution in [2.75, 3.05) is 19.7 Å². The van der Waals surface area contributed by atoms with Crippen LogP contribution < -0.4 is 0 Å². The molecule has 0 aliphatic rings. The number of likely N-dealkylation sites (N-methyl/N-ethyl adjacent to an activating group) is 1. The van der Waals surface area contributed by atoms with E-state index in [1.807, 2.05) is 18.4 Å². The molecule has 6 heteroatoms. The van der Waals surface area contributed by atoms with Gasteiger partial charge in [0.25, 0.3) is 0 Å². The Kier molecular flexibility index (Phi) is 4.70. The first-order chi connectivity index (χ1) is 9.24. The molecule has 102 valence electrons. The maximum absolute atomic E-state index is 12.0. The summed E-state index contributed by atoms with van der Waals surface area (Å²) >= 11 is 1.49. The van der Waals surface area contributed by atoms with E-state index < -0.39 is 0 Å². The maximum Gasteiger partial charge on any atom is 0.228 e. The number of hydrogen-bond donors (Lipinski definition) is 1. The number of aliphatic hydroxyl groups excluding tert-OH is 1. The smallest absolute Gasteiger partial charge is 0.228 e. The summed E-state index contributed by atoms with van der Waals surface area (Å²) in [5.74, 6) is -0.0133. The number of rotatable bonds is 6. The molecule has 0 fully saturated rings. The first kappa shape index (κ1) is 13.8. The van der Waals surface area contributed by atoms with Crippen molar-refractivity contribution in [1.29, 1.82) is 0 Å². The summed E-state index contributed by atoms with van der Waals surface area (Å²) in [6, 6.07) is 1.84. The van der Waals surface area contributed by atoms with Crippen molar-refractivity contribution in [3.8, 4) is 10.6 Å².